The van der Waals surface area contributed by atoms with E-state index in [4.69, 9.17) is 0 Å². The smallest absolute Gasteiger partial charge is 0.244 e. The summed E-state index contributed by atoms with van der Waals surface area (Å²) in [6.07, 6.45) is 4.50. The van der Waals surface area contributed by atoms with Gasteiger partial charge in [-0.2, -0.15) is 0 Å². The maximum atomic E-state index is 13.3. The number of anilines is 2. The number of hydrogen-bond acceptors (Lipinski definition) is 5. The largest absolute Gasteiger partial charge is 0.325 e. The van der Waals surface area contributed by atoms with E-state index in [-0.39, 0.29) is 30.3 Å². The third kappa shape index (κ3) is 3.63. The van der Waals surface area contributed by atoms with Crippen LogP contribution < -0.4 is 10.6 Å². The lowest BCUT2D eigenvalue weighted by atomic mass is 9.79. The number of benzene rings is 1. The zero-order valence-electron chi connectivity index (χ0n) is 20.3. The predicted molar refractivity (Wildman–Crippen MR) is 139 cm³/mol. The van der Waals surface area contributed by atoms with Crippen molar-refractivity contribution in [2.45, 2.75) is 51.0 Å². The number of carbonyl (C=O) groups is 3. The van der Waals surface area contributed by atoms with Crippen LogP contribution in [-0.2, 0) is 32.6 Å². The fourth-order valence-corrected chi connectivity index (χ4v) is 6.82. The highest BCUT2D eigenvalue weighted by atomic mass is 32.1. The fraction of sp³-hybridized carbons (Fsp3) is 0.357. The zero-order chi connectivity index (χ0) is 25.1. The Bertz CT molecular complexity index is 1380. The summed E-state index contributed by atoms with van der Waals surface area (Å²) < 4.78 is 0. The molecular formula is C28H28N4O3S. The van der Waals surface area contributed by atoms with Crippen LogP contribution in [0.1, 0.15) is 54.3 Å². The highest BCUT2D eigenvalue weighted by Gasteiger charge is 2.51. The van der Waals surface area contributed by atoms with E-state index in [1.54, 1.807) is 22.4 Å². The van der Waals surface area contributed by atoms with Gasteiger partial charge in [-0.05, 0) is 66.5 Å². The molecular weight excluding hydrogens is 472 g/mol. The third-order valence-corrected chi connectivity index (χ3v) is 8.88. The number of amides is 3. The van der Waals surface area contributed by atoms with E-state index in [0.717, 1.165) is 34.4 Å². The van der Waals surface area contributed by atoms with Gasteiger partial charge in [-0.3, -0.25) is 14.4 Å². The molecule has 2 aliphatic heterocycles. The number of hydrogen-bond donors (Lipinski definition) is 2. The van der Waals surface area contributed by atoms with Gasteiger partial charge in [-0.25, -0.2) is 4.98 Å². The molecule has 6 rings (SSSR count). The molecule has 3 aliphatic rings. The quantitative estimate of drug-likeness (QED) is 0.553. The Morgan fingerprint density at radius 2 is 2.00 bits per heavy atom. The molecule has 1 aromatic carbocycles. The number of likely N-dealkylation sites (tertiary alicyclic amines) is 1. The van der Waals surface area contributed by atoms with Crippen molar-refractivity contribution < 1.29 is 14.4 Å². The van der Waals surface area contributed by atoms with E-state index < -0.39 is 10.8 Å². The lowest BCUT2D eigenvalue weighted by molar-refractivity contribution is -0.150. The van der Waals surface area contributed by atoms with Crippen LogP contribution in [0.25, 0.3) is 0 Å². The SMILES string of the molecule is CC1(C)CC[C@@H](c2cccs2)N(CC(=O)Nc2ccc3c(c2)C[C@@]2(C3)C(=O)Nc3ncccc32)C1=O. The van der Waals surface area contributed by atoms with Crippen molar-refractivity contribution in [3.05, 3.63) is 75.6 Å². The van der Waals surface area contributed by atoms with Crippen molar-refractivity contribution in [1.82, 2.24) is 9.88 Å². The molecule has 1 fully saturated rings. The number of fused-ring (bicyclic) bond motifs is 3. The average Bonchev–Trinajstić information content (AvgIpc) is 3.56. The summed E-state index contributed by atoms with van der Waals surface area (Å²) in [5, 5.41) is 7.94. The first kappa shape index (κ1) is 22.9. The van der Waals surface area contributed by atoms with E-state index in [1.165, 1.54) is 0 Å². The summed E-state index contributed by atoms with van der Waals surface area (Å²) >= 11 is 1.62. The summed E-state index contributed by atoms with van der Waals surface area (Å²) in [6.45, 7) is 3.91. The Hall–Kier alpha value is -3.52. The number of carbonyl (C=O) groups excluding carboxylic acids is 3. The molecule has 1 spiro atoms. The van der Waals surface area contributed by atoms with E-state index in [1.807, 2.05) is 61.7 Å². The topological polar surface area (TPSA) is 91.4 Å². The van der Waals surface area contributed by atoms with Crippen molar-refractivity contribution in [3.63, 3.8) is 0 Å². The molecule has 0 radical (unpaired) electrons. The molecule has 1 aliphatic carbocycles. The van der Waals surface area contributed by atoms with Gasteiger partial charge in [0.15, 0.2) is 0 Å². The molecule has 8 heteroatoms. The zero-order valence-corrected chi connectivity index (χ0v) is 21.2. The number of pyridine rings is 1. The van der Waals surface area contributed by atoms with Crippen molar-refractivity contribution >= 4 is 40.6 Å². The molecule has 0 unspecified atom stereocenters. The number of thiophene rings is 1. The molecule has 0 saturated carbocycles. The average molecular weight is 501 g/mol. The number of nitrogens with one attached hydrogen (secondary N) is 2. The number of aromatic nitrogens is 1. The Morgan fingerprint density at radius 1 is 1.17 bits per heavy atom. The second-order valence-corrected chi connectivity index (χ2v) is 11.7. The maximum absolute atomic E-state index is 13.3. The summed E-state index contributed by atoms with van der Waals surface area (Å²) in [4.78, 5) is 46.6. The van der Waals surface area contributed by atoms with Crippen LogP contribution in [0.3, 0.4) is 0 Å². The molecule has 3 amide bonds. The monoisotopic (exact) mass is 500 g/mol. The summed E-state index contributed by atoms with van der Waals surface area (Å²) in [5.74, 6) is 0.406. The minimum atomic E-state index is -0.645. The lowest BCUT2D eigenvalue weighted by Gasteiger charge is -2.42. The van der Waals surface area contributed by atoms with Crippen LogP contribution in [0.15, 0.2) is 54.0 Å². The Morgan fingerprint density at radius 3 is 2.81 bits per heavy atom. The van der Waals surface area contributed by atoms with Crippen molar-refractivity contribution in [2.24, 2.45) is 5.41 Å². The standard InChI is InChI=1S/C28H28N4O3S/c1-27(2)10-9-21(22-6-4-12-36-22)32(26(27)35)16-23(33)30-19-8-7-17-14-28(15-18(17)13-19)20-5-3-11-29-24(20)31-25(28)34/h3-8,11-13,21H,9-10,14-16H2,1-2H3,(H,30,33)(H,29,31,34)/t21-,28+/m0/s1. The molecule has 4 heterocycles. The van der Waals surface area contributed by atoms with Crippen LogP contribution in [-0.4, -0.2) is 34.2 Å². The van der Waals surface area contributed by atoms with E-state index in [2.05, 4.69) is 15.6 Å². The highest BCUT2D eigenvalue weighted by molar-refractivity contribution is 7.10. The highest BCUT2D eigenvalue weighted by Crippen LogP contribution is 2.47. The molecule has 2 atom stereocenters. The van der Waals surface area contributed by atoms with Gasteiger partial charge in [-0.15, -0.1) is 11.3 Å². The molecule has 0 bridgehead atoms. The first-order valence-electron chi connectivity index (χ1n) is 12.3. The molecule has 36 heavy (non-hydrogen) atoms. The Kier molecular flexibility index (Phi) is 5.26. The molecule has 7 nitrogen and oxygen atoms in total. The maximum Gasteiger partial charge on any atom is 0.244 e. The molecule has 1 saturated heterocycles. The van der Waals surface area contributed by atoms with Crippen molar-refractivity contribution in [3.8, 4) is 0 Å². The van der Waals surface area contributed by atoms with Gasteiger partial charge in [0.05, 0.1) is 11.5 Å². The molecule has 2 aromatic heterocycles. The lowest BCUT2D eigenvalue weighted by Crippen LogP contribution is -2.50. The number of piperidine rings is 1. The second kappa shape index (κ2) is 8.27. The van der Waals surface area contributed by atoms with Gasteiger partial charge in [0, 0.05) is 27.7 Å². The van der Waals surface area contributed by atoms with Crippen molar-refractivity contribution in [2.75, 3.05) is 17.2 Å². The third-order valence-electron chi connectivity index (χ3n) is 7.91. The first-order valence-corrected chi connectivity index (χ1v) is 13.2. The second-order valence-electron chi connectivity index (χ2n) is 10.7. The predicted octanol–water partition coefficient (Wildman–Crippen LogP) is 4.46. The van der Waals surface area contributed by atoms with Crippen LogP contribution in [0.2, 0.25) is 0 Å². The van der Waals surface area contributed by atoms with E-state index in [0.29, 0.717) is 24.3 Å². The summed E-state index contributed by atoms with van der Waals surface area (Å²) in [7, 11) is 0. The van der Waals surface area contributed by atoms with Crippen LogP contribution in [0.5, 0.6) is 0 Å². The van der Waals surface area contributed by atoms with Gasteiger partial charge in [0.1, 0.15) is 12.4 Å². The van der Waals surface area contributed by atoms with E-state index >= 15 is 0 Å². The van der Waals surface area contributed by atoms with Gasteiger partial charge >= 0.3 is 0 Å². The molecule has 3 aromatic rings. The van der Waals surface area contributed by atoms with Crippen LogP contribution >= 0.6 is 11.3 Å². The first-order chi connectivity index (χ1) is 17.3. The van der Waals surface area contributed by atoms with Gasteiger partial charge in [0.2, 0.25) is 17.7 Å². The number of rotatable bonds is 4. The van der Waals surface area contributed by atoms with Gasteiger partial charge in [-0.1, -0.05) is 32.0 Å². The van der Waals surface area contributed by atoms with Crippen LogP contribution in [0, 0.1) is 5.41 Å². The van der Waals surface area contributed by atoms with Gasteiger partial charge in [0.25, 0.3) is 0 Å². The fourth-order valence-electron chi connectivity index (χ4n) is 5.95. The Labute approximate surface area is 213 Å². The normalized spacial score (nSPS) is 23.9. The van der Waals surface area contributed by atoms with Crippen molar-refractivity contribution in [1.29, 1.82) is 0 Å². The molecule has 184 valence electrons. The minimum Gasteiger partial charge on any atom is -0.325 e. The Balaban J connectivity index is 1.20. The summed E-state index contributed by atoms with van der Waals surface area (Å²) in [6, 6.07) is 13.6. The number of nitrogens with zero attached hydrogens (tertiary/aromatic N) is 2. The van der Waals surface area contributed by atoms with E-state index in [9.17, 15) is 14.4 Å². The minimum absolute atomic E-state index is 0.00724. The molecule has 2 N–H and O–H groups in total. The summed E-state index contributed by atoms with van der Waals surface area (Å²) in [5.41, 5.74) is 2.63. The van der Waals surface area contributed by atoms with Crippen LogP contribution in [0.4, 0.5) is 11.5 Å². The van der Waals surface area contributed by atoms with Gasteiger partial charge < -0.3 is 15.5 Å².